The summed E-state index contributed by atoms with van der Waals surface area (Å²) >= 11 is 0. The molecule has 136 valence electrons. The van der Waals surface area contributed by atoms with E-state index in [1.165, 1.54) is 5.56 Å². The molecule has 0 aliphatic carbocycles. The van der Waals surface area contributed by atoms with Crippen LogP contribution in [-0.2, 0) is 10.8 Å². The predicted octanol–water partition coefficient (Wildman–Crippen LogP) is 5.74. The highest BCUT2D eigenvalue weighted by molar-refractivity contribution is 6.74. The molecule has 0 radical (unpaired) electrons. The lowest BCUT2D eigenvalue weighted by Gasteiger charge is -2.40. The van der Waals surface area contributed by atoms with Crippen LogP contribution in [-0.4, -0.2) is 19.5 Å². The van der Waals surface area contributed by atoms with Crippen molar-refractivity contribution in [3.05, 3.63) is 71.8 Å². The van der Waals surface area contributed by atoms with Crippen LogP contribution in [0.2, 0.25) is 18.1 Å². The van der Waals surface area contributed by atoms with Gasteiger partial charge in [0.25, 0.3) is 0 Å². The van der Waals surface area contributed by atoms with Crippen molar-refractivity contribution in [2.45, 2.75) is 64.0 Å². The maximum atomic E-state index is 10.9. The summed E-state index contributed by atoms with van der Waals surface area (Å²) in [7, 11) is -1.98. The minimum absolute atomic E-state index is 0.110. The van der Waals surface area contributed by atoms with E-state index in [4.69, 9.17) is 4.43 Å². The van der Waals surface area contributed by atoms with Gasteiger partial charge in [-0.15, -0.1) is 0 Å². The molecule has 2 nitrogen and oxygen atoms in total. The van der Waals surface area contributed by atoms with E-state index < -0.39 is 14.4 Å². The number of aliphatic hydroxyl groups excluding tert-OH is 1. The normalized spacial score (nSPS) is 15.0. The van der Waals surface area contributed by atoms with Crippen LogP contribution < -0.4 is 0 Å². The Hall–Kier alpha value is -1.42. The lowest BCUT2D eigenvalue weighted by atomic mass is 9.99. The minimum atomic E-state index is -1.98. The van der Waals surface area contributed by atoms with Gasteiger partial charge < -0.3 is 9.53 Å². The van der Waals surface area contributed by atoms with Gasteiger partial charge in [0.1, 0.15) is 0 Å². The van der Waals surface area contributed by atoms with Crippen molar-refractivity contribution in [3.63, 3.8) is 0 Å². The van der Waals surface area contributed by atoms with Crippen LogP contribution in [0.25, 0.3) is 0 Å². The third-order valence-corrected chi connectivity index (χ3v) is 9.73. The first kappa shape index (κ1) is 19.9. The van der Waals surface area contributed by atoms with Crippen LogP contribution >= 0.6 is 0 Å². The first-order valence-corrected chi connectivity index (χ1v) is 12.1. The molecule has 0 bridgehead atoms. The van der Waals surface area contributed by atoms with Gasteiger partial charge in [0.15, 0.2) is 8.32 Å². The summed E-state index contributed by atoms with van der Waals surface area (Å²) in [4.78, 5) is 0. The third-order valence-electron chi connectivity index (χ3n) is 5.28. The van der Waals surface area contributed by atoms with Gasteiger partial charge in [0.05, 0.1) is 12.2 Å². The topological polar surface area (TPSA) is 29.5 Å². The van der Waals surface area contributed by atoms with E-state index in [2.05, 4.69) is 58.1 Å². The molecule has 0 aliphatic heterocycles. The standard InChI is InChI=1S/C22H32O2Si/c1-22(2,3)25(4,5)24-21(19-14-10-7-11-15-19)20(23)17-16-18-12-8-6-9-13-18/h6-15,20-21,23H,16-17H2,1-5H3/t20-,21+/m0/s1. The van der Waals surface area contributed by atoms with Crippen molar-refractivity contribution in [1.29, 1.82) is 0 Å². The van der Waals surface area contributed by atoms with Crippen molar-refractivity contribution < 1.29 is 9.53 Å². The van der Waals surface area contributed by atoms with Crippen molar-refractivity contribution in [2.75, 3.05) is 0 Å². The molecule has 0 amide bonds. The summed E-state index contributed by atoms with van der Waals surface area (Å²) < 4.78 is 6.63. The second kappa shape index (κ2) is 8.30. The van der Waals surface area contributed by atoms with Crippen molar-refractivity contribution in [3.8, 4) is 0 Å². The Morgan fingerprint density at radius 1 is 0.920 bits per heavy atom. The Morgan fingerprint density at radius 2 is 1.44 bits per heavy atom. The maximum absolute atomic E-state index is 10.9. The van der Waals surface area contributed by atoms with Crippen LogP contribution in [0.5, 0.6) is 0 Å². The molecule has 0 spiro atoms. The summed E-state index contributed by atoms with van der Waals surface area (Å²) in [5.41, 5.74) is 2.31. The van der Waals surface area contributed by atoms with E-state index in [0.29, 0.717) is 6.42 Å². The Kier molecular flexibility index (Phi) is 6.61. The summed E-state index contributed by atoms with van der Waals surface area (Å²) in [5.74, 6) is 0. The Bertz CT molecular complexity index is 632. The van der Waals surface area contributed by atoms with Crippen molar-refractivity contribution in [2.24, 2.45) is 0 Å². The molecule has 0 fully saturated rings. The van der Waals surface area contributed by atoms with E-state index in [1.54, 1.807) is 0 Å². The van der Waals surface area contributed by atoms with E-state index >= 15 is 0 Å². The first-order chi connectivity index (χ1) is 11.7. The van der Waals surface area contributed by atoms with Crippen LogP contribution in [0.1, 0.15) is 44.4 Å². The number of benzene rings is 2. The number of hydrogen-bond donors (Lipinski definition) is 1. The largest absolute Gasteiger partial charge is 0.407 e. The number of hydrogen-bond acceptors (Lipinski definition) is 2. The molecule has 0 saturated heterocycles. The van der Waals surface area contributed by atoms with E-state index in [9.17, 15) is 5.11 Å². The van der Waals surface area contributed by atoms with Crippen LogP contribution in [0.4, 0.5) is 0 Å². The zero-order valence-corrected chi connectivity index (χ0v) is 17.2. The van der Waals surface area contributed by atoms with Gasteiger partial charge in [-0.2, -0.15) is 0 Å². The van der Waals surface area contributed by atoms with Crippen LogP contribution in [0, 0.1) is 0 Å². The van der Waals surface area contributed by atoms with Crippen LogP contribution in [0.15, 0.2) is 60.7 Å². The van der Waals surface area contributed by atoms with Gasteiger partial charge in [-0.1, -0.05) is 81.4 Å². The maximum Gasteiger partial charge on any atom is 0.193 e. The highest BCUT2D eigenvalue weighted by Gasteiger charge is 2.40. The average molecular weight is 357 g/mol. The van der Waals surface area contributed by atoms with Gasteiger partial charge in [0, 0.05) is 0 Å². The zero-order valence-electron chi connectivity index (χ0n) is 16.2. The fourth-order valence-corrected chi connectivity index (χ4v) is 3.90. The first-order valence-electron chi connectivity index (χ1n) is 9.15. The van der Waals surface area contributed by atoms with Gasteiger partial charge in [-0.05, 0) is 42.1 Å². The monoisotopic (exact) mass is 356 g/mol. The molecule has 2 aromatic rings. The summed E-state index contributed by atoms with van der Waals surface area (Å²) in [6.45, 7) is 11.2. The molecular weight excluding hydrogens is 324 g/mol. The molecule has 0 saturated carbocycles. The number of aliphatic hydroxyl groups is 1. The smallest absolute Gasteiger partial charge is 0.193 e. The van der Waals surface area contributed by atoms with Gasteiger partial charge in [0.2, 0.25) is 0 Å². The summed E-state index contributed by atoms with van der Waals surface area (Å²) in [6, 6.07) is 20.5. The lowest BCUT2D eigenvalue weighted by molar-refractivity contribution is 0.0215. The van der Waals surface area contributed by atoms with Gasteiger partial charge in [-0.3, -0.25) is 0 Å². The molecule has 3 heteroatoms. The molecule has 2 aromatic carbocycles. The van der Waals surface area contributed by atoms with Gasteiger partial charge in [-0.25, -0.2) is 0 Å². The summed E-state index contributed by atoms with van der Waals surface area (Å²) in [5, 5.41) is 11.1. The van der Waals surface area contributed by atoms with Crippen LogP contribution in [0.3, 0.4) is 0 Å². The molecule has 0 unspecified atom stereocenters. The molecule has 25 heavy (non-hydrogen) atoms. The SMILES string of the molecule is CC(C)(C)[Si](C)(C)O[C@H](c1ccccc1)[C@@H](O)CCc1ccccc1. The van der Waals surface area contributed by atoms with E-state index in [-0.39, 0.29) is 11.1 Å². The van der Waals surface area contributed by atoms with Gasteiger partial charge >= 0.3 is 0 Å². The predicted molar refractivity (Wildman–Crippen MR) is 108 cm³/mol. The molecule has 2 rings (SSSR count). The molecular formula is C22H32O2Si. The Morgan fingerprint density at radius 3 is 1.96 bits per heavy atom. The van der Waals surface area contributed by atoms with Crippen molar-refractivity contribution in [1.82, 2.24) is 0 Å². The Labute approximate surface area is 154 Å². The second-order valence-corrected chi connectivity index (χ2v) is 13.1. The molecule has 2 atom stereocenters. The fraction of sp³-hybridized carbons (Fsp3) is 0.455. The Balaban J connectivity index is 2.17. The number of rotatable bonds is 7. The van der Waals surface area contributed by atoms with E-state index in [1.807, 2.05) is 36.4 Å². The third kappa shape index (κ3) is 5.53. The highest BCUT2D eigenvalue weighted by Crippen LogP contribution is 2.41. The zero-order chi connectivity index (χ0) is 18.5. The average Bonchev–Trinajstić information content (AvgIpc) is 2.58. The molecule has 0 aromatic heterocycles. The van der Waals surface area contributed by atoms with Crippen molar-refractivity contribution >= 4 is 8.32 Å². The summed E-state index contributed by atoms with van der Waals surface area (Å²) in [6.07, 6.45) is 0.757. The molecule has 0 aliphatic rings. The molecule has 0 heterocycles. The highest BCUT2D eigenvalue weighted by atomic mass is 28.4. The lowest BCUT2D eigenvalue weighted by Crippen LogP contribution is -2.44. The fourth-order valence-electron chi connectivity index (χ4n) is 2.62. The minimum Gasteiger partial charge on any atom is -0.407 e. The second-order valence-electron chi connectivity index (χ2n) is 8.30. The van der Waals surface area contributed by atoms with E-state index in [0.717, 1.165) is 12.0 Å². The quantitative estimate of drug-likeness (QED) is 0.641. The number of aryl methyl sites for hydroxylation is 1. The molecule has 1 N–H and O–H groups in total.